The molecule has 106 valence electrons. The van der Waals surface area contributed by atoms with E-state index in [1.807, 2.05) is 24.3 Å². The van der Waals surface area contributed by atoms with Crippen LogP contribution in [0.15, 0.2) is 33.7 Å². The van der Waals surface area contributed by atoms with Gasteiger partial charge in [0, 0.05) is 16.5 Å². The van der Waals surface area contributed by atoms with Gasteiger partial charge in [0.15, 0.2) is 5.82 Å². The molecule has 4 nitrogen and oxygen atoms in total. The van der Waals surface area contributed by atoms with Crippen LogP contribution in [0.25, 0.3) is 0 Å². The van der Waals surface area contributed by atoms with Crippen molar-refractivity contribution in [3.63, 3.8) is 0 Å². The zero-order valence-electron chi connectivity index (χ0n) is 11.0. The topological polar surface area (TPSA) is 51.0 Å². The van der Waals surface area contributed by atoms with Crippen molar-refractivity contribution in [1.29, 1.82) is 0 Å². The molecule has 0 unspecified atom stereocenters. The summed E-state index contributed by atoms with van der Waals surface area (Å²) in [7, 11) is 0. The third-order valence-corrected chi connectivity index (χ3v) is 4.57. The van der Waals surface area contributed by atoms with Crippen LogP contribution in [0.4, 0.5) is 0 Å². The highest BCUT2D eigenvalue weighted by Crippen LogP contribution is 2.25. The Bertz CT molecular complexity index is 552. The van der Waals surface area contributed by atoms with Crippen molar-refractivity contribution in [3.05, 3.63) is 41.0 Å². The van der Waals surface area contributed by atoms with Crippen LogP contribution in [-0.4, -0.2) is 23.2 Å². The average Bonchev–Trinajstić information content (AvgIpc) is 2.97. The Morgan fingerprint density at radius 2 is 2.20 bits per heavy atom. The fraction of sp³-hybridized carbons (Fsp3) is 0.429. The van der Waals surface area contributed by atoms with E-state index < -0.39 is 0 Å². The molecular weight excluding hydrogens is 294 g/mol. The molecule has 1 saturated heterocycles. The normalized spacial score (nSPS) is 19.1. The predicted octanol–water partition coefficient (Wildman–Crippen LogP) is 3.48. The van der Waals surface area contributed by atoms with Gasteiger partial charge in [-0.1, -0.05) is 16.8 Å². The van der Waals surface area contributed by atoms with Gasteiger partial charge in [-0.15, -0.1) is 11.8 Å². The van der Waals surface area contributed by atoms with Crippen LogP contribution in [0, 0.1) is 0 Å². The summed E-state index contributed by atoms with van der Waals surface area (Å²) in [6, 6.07) is 7.77. The van der Waals surface area contributed by atoms with Gasteiger partial charge >= 0.3 is 0 Å². The Morgan fingerprint density at radius 1 is 1.35 bits per heavy atom. The van der Waals surface area contributed by atoms with E-state index in [9.17, 15) is 0 Å². The largest absolute Gasteiger partial charge is 0.339 e. The summed E-state index contributed by atoms with van der Waals surface area (Å²) in [6.07, 6.45) is 2.29. The lowest BCUT2D eigenvalue weighted by atomic mass is 10.00. The minimum atomic E-state index is 0.366. The molecule has 1 aliphatic heterocycles. The lowest BCUT2D eigenvalue weighted by Gasteiger charge is -2.18. The summed E-state index contributed by atoms with van der Waals surface area (Å²) in [4.78, 5) is 5.65. The summed E-state index contributed by atoms with van der Waals surface area (Å²) in [6.45, 7) is 2.02. The number of halogens is 1. The summed E-state index contributed by atoms with van der Waals surface area (Å²) >= 11 is 7.55. The lowest BCUT2D eigenvalue weighted by molar-refractivity contribution is 0.320. The van der Waals surface area contributed by atoms with Gasteiger partial charge < -0.3 is 9.84 Å². The number of piperidine rings is 1. The summed E-state index contributed by atoms with van der Waals surface area (Å²) in [5.41, 5.74) is 0. The van der Waals surface area contributed by atoms with E-state index >= 15 is 0 Å². The molecule has 0 amide bonds. The van der Waals surface area contributed by atoms with Gasteiger partial charge in [0.2, 0.25) is 5.89 Å². The minimum absolute atomic E-state index is 0.366. The molecule has 0 aliphatic carbocycles. The van der Waals surface area contributed by atoms with Crippen molar-refractivity contribution < 1.29 is 4.52 Å². The van der Waals surface area contributed by atoms with Crippen LogP contribution in [0.5, 0.6) is 0 Å². The van der Waals surface area contributed by atoms with Crippen molar-refractivity contribution >= 4 is 23.4 Å². The Kier molecular flexibility index (Phi) is 4.60. The minimum Gasteiger partial charge on any atom is -0.339 e. The van der Waals surface area contributed by atoms with Gasteiger partial charge in [0.25, 0.3) is 0 Å². The average molecular weight is 310 g/mol. The zero-order valence-corrected chi connectivity index (χ0v) is 12.6. The van der Waals surface area contributed by atoms with Gasteiger partial charge in [-0.3, -0.25) is 0 Å². The van der Waals surface area contributed by atoms with Gasteiger partial charge in [-0.05, 0) is 43.7 Å². The van der Waals surface area contributed by atoms with Crippen LogP contribution in [0.2, 0.25) is 5.02 Å². The quantitative estimate of drug-likeness (QED) is 0.876. The molecule has 6 heteroatoms. The molecule has 1 aromatic heterocycles. The Labute approximate surface area is 127 Å². The van der Waals surface area contributed by atoms with Crippen LogP contribution in [-0.2, 0) is 5.75 Å². The first-order valence-corrected chi connectivity index (χ1v) is 8.09. The fourth-order valence-corrected chi connectivity index (χ4v) is 3.10. The van der Waals surface area contributed by atoms with Crippen molar-refractivity contribution in [2.24, 2.45) is 0 Å². The van der Waals surface area contributed by atoms with Gasteiger partial charge in [0.1, 0.15) is 0 Å². The molecule has 1 N–H and O–H groups in total. The van der Waals surface area contributed by atoms with Crippen molar-refractivity contribution in [1.82, 2.24) is 15.5 Å². The molecule has 0 bridgehead atoms. The van der Waals surface area contributed by atoms with E-state index in [1.54, 1.807) is 11.8 Å². The predicted molar refractivity (Wildman–Crippen MR) is 80.2 cm³/mol. The first-order chi connectivity index (χ1) is 9.81. The molecule has 0 radical (unpaired) electrons. The molecule has 1 aromatic carbocycles. The number of hydrogen-bond acceptors (Lipinski definition) is 5. The molecule has 3 rings (SSSR count). The summed E-state index contributed by atoms with van der Waals surface area (Å²) in [5.74, 6) is 2.60. The number of benzene rings is 1. The van der Waals surface area contributed by atoms with E-state index in [1.165, 1.54) is 6.42 Å². The number of nitrogens with one attached hydrogen (secondary N) is 1. The maximum atomic E-state index is 5.86. The molecule has 2 aromatic rings. The molecule has 2 heterocycles. The third kappa shape index (κ3) is 3.53. The first kappa shape index (κ1) is 13.9. The number of thioether (sulfide) groups is 1. The van der Waals surface area contributed by atoms with E-state index in [-0.39, 0.29) is 0 Å². The van der Waals surface area contributed by atoms with Crippen LogP contribution < -0.4 is 5.32 Å². The number of hydrogen-bond donors (Lipinski definition) is 1. The van der Waals surface area contributed by atoms with Crippen LogP contribution >= 0.6 is 23.4 Å². The maximum Gasteiger partial charge on any atom is 0.231 e. The molecule has 1 fully saturated rings. The van der Waals surface area contributed by atoms with E-state index in [0.29, 0.717) is 11.7 Å². The third-order valence-electron chi connectivity index (χ3n) is 3.31. The molecule has 20 heavy (non-hydrogen) atoms. The van der Waals surface area contributed by atoms with Gasteiger partial charge in [0.05, 0.1) is 11.7 Å². The van der Waals surface area contributed by atoms with E-state index in [2.05, 4.69) is 15.5 Å². The second-order valence-corrected chi connectivity index (χ2v) is 6.32. The summed E-state index contributed by atoms with van der Waals surface area (Å²) < 4.78 is 5.38. The monoisotopic (exact) mass is 309 g/mol. The Balaban J connectivity index is 1.58. The van der Waals surface area contributed by atoms with Crippen LogP contribution in [0.1, 0.15) is 30.5 Å². The summed E-state index contributed by atoms with van der Waals surface area (Å²) in [5, 5.41) is 8.17. The fourth-order valence-electron chi connectivity index (χ4n) is 2.23. The molecule has 0 spiro atoms. The standard InChI is InChI=1S/C14H16ClN3OS/c15-11-3-5-12(6-4-11)20-9-13-17-14(19-18-13)10-2-1-7-16-8-10/h3-6,10,16H,1-2,7-9H2/t10-/m1/s1. The lowest BCUT2D eigenvalue weighted by Crippen LogP contribution is -2.28. The molecule has 1 aliphatic rings. The molecular formula is C14H16ClN3OS. The second kappa shape index (κ2) is 6.61. The molecule has 1 atom stereocenters. The van der Waals surface area contributed by atoms with Crippen molar-refractivity contribution in [2.45, 2.75) is 29.4 Å². The van der Waals surface area contributed by atoms with Gasteiger partial charge in [-0.2, -0.15) is 4.98 Å². The maximum absolute atomic E-state index is 5.86. The highest BCUT2D eigenvalue weighted by atomic mass is 35.5. The Hall–Kier alpha value is -1.04. The molecule has 0 saturated carbocycles. The second-order valence-electron chi connectivity index (χ2n) is 4.83. The highest BCUT2D eigenvalue weighted by Gasteiger charge is 2.21. The van der Waals surface area contributed by atoms with E-state index in [0.717, 1.165) is 41.1 Å². The number of aromatic nitrogens is 2. The van der Waals surface area contributed by atoms with Crippen molar-refractivity contribution in [2.75, 3.05) is 13.1 Å². The van der Waals surface area contributed by atoms with Crippen LogP contribution in [0.3, 0.4) is 0 Å². The van der Waals surface area contributed by atoms with Gasteiger partial charge in [-0.25, -0.2) is 0 Å². The van der Waals surface area contributed by atoms with Crippen molar-refractivity contribution in [3.8, 4) is 0 Å². The highest BCUT2D eigenvalue weighted by molar-refractivity contribution is 7.98. The SMILES string of the molecule is Clc1ccc(SCc2noc([C@@H]3CCCNC3)n2)cc1. The number of rotatable bonds is 4. The number of nitrogens with zero attached hydrogens (tertiary/aromatic N) is 2. The smallest absolute Gasteiger partial charge is 0.231 e. The first-order valence-electron chi connectivity index (χ1n) is 6.73. The Morgan fingerprint density at radius 3 is 2.95 bits per heavy atom. The zero-order chi connectivity index (χ0) is 13.8. The van der Waals surface area contributed by atoms with E-state index in [4.69, 9.17) is 16.1 Å².